The van der Waals surface area contributed by atoms with Gasteiger partial charge < -0.3 is 0 Å². The molecule has 0 aliphatic carbocycles. The van der Waals surface area contributed by atoms with E-state index < -0.39 is 61.6 Å². The Balaban J connectivity index is 6.41. The third-order valence-corrected chi connectivity index (χ3v) is 3.08. The number of rotatable bonds is 8. The van der Waals surface area contributed by atoms with Crippen LogP contribution >= 0.6 is 0 Å². The summed E-state index contributed by atoms with van der Waals surface area (Å²) in [7, 11) is 0. The number of ether oxygens (including phenoxy) is 1. The Morgan fingerprint density at radius 1 is 0.520 bits per heavy atom. The van der Waals surface area contributed by atoms with E-state index in [0.717, 1.165) is 13.8 Å². The quantitative estimate of drug-likeness (QED) is 0.431. The summed E-state index contributed by atoms with van der Waals surface area (Å²) in [5.74, 6) is -24.8. The monoisotopic (exact) mass is 402 g/mol. The van der Waals surface area contributed by atoms with Gasteiger partial charge in [0.05, 0.1) is 0 Å². The third kappa shape index (κ3) is 4.27. The highest BCUT2D eigenvalue weighted by Gasteiger charge is 2.82. The highest BCUT2D eigenvalue weighted by atomic mass is 19.4. The van der Waals surface area contributed by atoms with E-state index in [1.807, 2.05) is 0 Å². The van der Waals surface area contributed by atoms with Crippen LogP contribution in [0.2, 0.25) is 0 Å². The Morgan fingerprint density at radius 2 is 0.760 bits per heavy atom. The zero-order chi connectivity index (χ0) is 20.5. The molecule has 0 aliphatic rings. The Kier molecular flexibility index (Phi) is 6.78. The fourth-order valence-corrected chi connectivity index (χ4v) is 1.82. The average Bonchev–Trinajstić information content (AvgIpc) is 2.35. The SMILES string of the molecule is CCCC(F)(F)C(F)(OC(F)(C(F)(F)F)C(F)(F)CCC)C(F)(F)F. The van der Waals surface area contributed by atoms with Crippen LogP contribution in [0.5, 0.6) is 0 Å². The van der Waals surface area contributed by atoms with Gasteiger partial charge in [-0.05, 0) is 0 Å². The maximum Gasteiger partial charge on any atom is 0.455 e. The van der Waals surface area contributed by atoms with Crippen LogP contribution in [0.3, 0.4) is 0 Å². The average molecular weight is 402 g/mol. The first-order chi connectivity index (χ1) is 10.8. The number of hydrogen-bond acceptors (Lipinski definition) is 1. The van der Waals surface area contributed by atoms with Crippen molar-refractivity contribution in [2.24, 2.45) is 0 Å². The van der Waals surface area contributed by atoms with Crippen LogP contribution in [0.1, 0.15) is 39.5 Å². The molecule has 25 heavy (non-hydrogen) atoms. The highest BCUT2D eigenvalue weighted by Crippen LogP contribution is 2.56. The van der Waals surface area contributed by atoms with Gasteiger partial charge in [-0.1, -0.05) is 26.7 Å². The van der Waals surface area contributed by atoms with Crippen molar-refractivity contribution in [2.45, 2.75) is 75.4 Å². The molecule has 0 aromatic carbocycles. The van der Waals surface area contributed by atoms with Crippen molar-refractivity contribution >= 4 is 0 Å². The molecule has 0 rings (SSSR count). The molecule has 0 bridgehead atoms. The predicted octanol–water partition coefficient (Wildman–Crippen LogP) is 6.33. The van der Waals surface area contributed by atoms with Crippen LogP contribution in [0, 0.1) is 0 Å². The summed E-state index contributed by atoms with van der Waals surface area (Å²) in [6, 6.07) is 0. The molecule has 0 saturated carbocycles. The lowest BCUT2D eigenvalue weighted by Crippen LogP contribution is -2.67. The van der Waals surface area contributed by atoms with E-state index in [1.54, 1.807) is 0 Å². The van der Waals surface area contributed by atoms with Crippen molar-refractivity contribution in [1.82, 2.24) is 0 Å². The molecule has 0 aromatic rings. The Bertz CT molecular complexity index is 402. The normalized spacial score (nSPS) is 19.4. The second-order valence-electron chi connectivity index (χ2n) is 5.20. The van der Waals surface area contributed by atoms with Gasteiger partial charge >= 0.3 is 35.9 Å². The summed E-state index contributed by atoms with van der Waals surface area (Å²) in [6.45, 7) is 1.62. The van der Waals surface area contributed by atoms with E-state index >= 15 is 0 Å². The van der Waals surface area contributed by atoms with Gasteiger partial charge in [0.1, 0.15) is 0 Å². The van der Waals surface area contributed by atoms with E-state index in [9.17, 15) is 52.7 Å². The molecule has 1 nitrogen and oxygen atoms in total. The van der Waals surface area contributed by atoms with Crippen molar-refractivity contribution in [1.29, 1.82) is 0 Å². The molecule has 0 aliphatic heterocycles. The van der Waals surface area contributed by atoms with Crippen molar-refractivity contribution in [2.75, 3.05) is 0 Å². The summed E-state index contributed by atoms with van der Waals surface area (Å²) < 4.78 is 160. The van der Waals surface area contributed by atoms with Crippen LogP contribution in [0.15, 0.2) is 0 Å². The Morgan fingerprint density at radius 3 is 0.920 bits per heavy atom. The molecule has 0 saturated heterocycles. The first kappa shape index (κ1) is 24.1. The molecular formula is C12H14F12O. The summed E-state index contributed by atoms with van der Waals surface area (Å²) in [4.78, 5) is 0. The second-order valence-corrected chi connectivity index (χ2v) is 5.20. The molecule has 152 valence electrons. The number of halogens is 12. The molecule has 0 N–H and O–H groups in total. The van der Waals surface area contributed by atoms with Crippen molar-refractivity contribution < 1.29 is 57.4 Å². The topological polar surface area (TPSA) is 9.23 Å². The summed E-state index contributed by atoms with van der Waals surface area (Å²) >= 11 is 0. The van der Waals surface area contributed by atoms with Gasteiger partial charge in [-0.3, -0.25) is 4.74 Å². The van der Waals surface area contributed by atoms with Gasteiger partial charge in [0.2, 0.25) is 0 Å². The van der Waals surface area contributed by atoms with Gasteiger partial charge in [-0.25, -0.2) is 0 Å². The molecular weight excluding hydrogens is 388 g/mol. The molecule has 0 fully saturated rings. The van der Waals surface area contributed by atoms with E-state index in [-0.39, 0.29) is 0 Å². The number of alkyl halides is 12. The van der Waals surface area contributed by atoms with Crippen molar-refractivity contribution in [3.05, 3.63) is 0 Å². The number of hydrogen-bond donors (Lipinski definition) is 0. The lowest BCUT2D eigenvalue weighted by molar-refractivity contribution is -0.500. The summed E-state index contributed by atoms with van der Waals surface area (Å²) in [5, 5.41) is 0. The maximum atomic E-state index is 13.9. The molecule has 0 heterocycles. The minimum Gasteiger partial charge on any atom is -0.284 e. The lowest BCUT2D eigenvalue weighted by Gasteiger charge is -2.42. The van der Waals surface area contributed by atoms with E-state index in [1.165, 1.54) is 0 Å². The smallest absolute Gasteiger partial charge is 0.284 e. The predicted molar refractivity (Wildman–Crippen MR) is 60.6 cm³/mol. The summed E-state index contributed by atoms with van der Waals surface area (Å²) in [6.07, 6.45) is -19.7. The zero-order valence-electron chi connectivity index (χ0n) is 12.8. The molecule has 13 heteroatoms. The highest BCUT2D eigenvalue weighted by molar-refractivity contribution is 5.00. The molecule has 0 spiro atoms. The second kappa shape index (κ2) is 7.03. The first-order valence-electron chi connectivity index (χ1n) is 6.80. The van der Waals surface area contributed by atoms with Crippen LogP contribution in [-0.4, -0.2) is 35.9 Å². The van der Waals surface area contributed by atoms with E-state index in [2.05, 4.69) is 4.74 Å². The molecule has 0 radical (unpaired) electrons. The van der Waals surface area contributed by atoms with Gasteiger partial charge in [0, 0.05) is 12.8 Å². The van der Waals surface area contributed by atoms with Crippen LogP contribution in [-0.2, 0) is 4.74 Å². The van der Waals surface area contributed by atoms with Crippen LogP contribution in [0.4, 0.5) is 52.7 Å². The third-order valence-electron chi connectivity index (χ3n) is 3.08. The molecule has 2 unspecified atom stereocenters. The Labute approximate surface area is 134 Å². The molecule has 0 amide bonds. The van der Waals surface area contributed by atoms with Crippen LogP contribution in [0.25, 0.3) is 0 Å². The van der Waals surface area contributed by atoms with Gasteiger partial charge in [-0.2, -0.15) is 52.7 Å². The first-order valence-corrected chi connectivity index (χ1v) is 6.80. The van der Waals surface area contributed by atoms with Crippen molar-refractivity contribution in [3.8, 4) is 0 Å². The van der Waals surface area contributed by atoms with E-state index in [0.29, 0.717) is 0 Å². The lowest BCUT2D eigenvalue weighted by atomic mass is 10.0. The molecule has 2 atom stereocenters. The fraction of sp³-hybridized carbons (Fsp3) is 1.00. The van der Waals surface area contributed by atoms with Crippen molar-refractivity contribution in [3.63, 3.8) is 0 Å². The standard InChI is InChI=1S/C12H14F12O/c1-3-5-7(13,14)9(17,11(19,20)21)25-10(18,12(22,23)24)8(15,16)6-4-2/h3-6H2,1-2H3. The fourth-order valence-electron chi connectivity index (χ4n) is 1.82. The minimum atomic E-state index is -6.93. The zero-order valence-corrected chi connectivity index (χ0v) is 12.8. The maximum absolute atomic E-state index is 13.9. The van der Waals surface area contributed by atoms with Gasteiger partial charge in [0.15, 0.2) is 0 Å². The van der Waals surface area contributed by atoms with Crippen LogP contribution < -0.4 is 0 Å². The minimum absolute atomic E-state index is 0.808. The Hall–Kier alpha value is -0.880. The summed E-state index contributed by atoms with van der Waals surface area (Å²) in [5.41, 5.74) is 0. The van der Waals surface area contributed by atoms with Gasteiger partial charge in [-0.15, -0.1) is 0 Å². The largest absolute Gasteiger partial charge is 0.455 e. The molecule has 0 aromatic heterocycles. The van der Waals surface area contributed by atoms with Gasteiger partial charge in [0.25, 0.3) is 0 Å². The van der Waals surface area contributed by atoms with E-state index in [4.69, 9.17) is 0 Å².